The first-order valence-corrected chi connectivity index (χ1v) is 6.75. The molecule has 1 rings (SSSR count). The molecular weight excluding hydrogens is 322 g/mol. The SMILES string of the molecule is O=C(NCCCCBr)c1cccc(Br)c1. The summed E-state index contributed by atoms with van der Waals surface area (Å²) in [7, 11) is 0. The van der Waals surface area contributed by atoms with Gasteiger partial charge in [0.1, 0.15) is 0 Å². The van der Waals surface area contributed by atoms with Gasteiger partial charge in [0.2, 0.25) is 0 Å². The maximum absolute atomic E-state index is 11.6. The van der Waals surface area contributed by atoms with Crippen LogP contribution in [0.25, 0.3) is 0 Å². The second kappa shape index (κ2) is 7.01. The number of amides is 1. The molecule has 1 aromatic rings. The number of nitrogens with one attached hydrogen (secondary N) is 1. The lowest BCUT2D eigenvalue weighted by molar-refractivity contribution is 0.0953. The summed E-state index contributed by atoms with van der Waals surface area (Å²) in [5.74, 6) is -0.00845. The van der Waals surface area contributed by atoms with Crippen molar-refractivity contribution in [2.24, 2.45) is 0 Å². The lowest BCUT2D eigenvalue weighted by atomic mass is 10.2. The highest BCUT2D eigenvalue weighted by Crippen LogP contribution is 2.11. The van der Waals surface area contributed by atoms with Crippen LogP contribution in [0.2, 0.25) is 0 Å². The molecule has 1 amide bonds. The van der Waals surface area contributed by atoms with E-state index in [4.69, 9.17) is 0 Å². The fourth-order valence-corrected chi connectivity index (χ4v) is 1.95. The van der Waals surface area contributed by atoms with Gasteiger partial charge in [-0.05, 0) is 31.0 Å². The Labute approximate surface area is 107 Å². The molecule has 0 radical (unpaired) electrons. The van der Waals surface area contributed by atoms with Crippen LogP contribution in [0, 0.1) is 0 Å². The van der Waals surface area contributed by atoms with Crippen LogP contribution in [0.4, 0.5) is 0 Å². The van der Waals surface area contributed by atoms with E-state index >= 15 is 0 Å². The van der Waals surface area contributed by atoms with Crippen molar-refractivity contribution in [3.63, 3.8) is 0 Å². The number of rotatable bonds is 5. The average Bonchev–Trinajstić information content (AvgIpc) is 2.24. The van der Waals surface area contributed by atoms with Gasteiger partial charge in [-0.25, -0.2) is 0 Å². The standard InChI is InChI=1S/C11H13Br2NO/c12-6-1-2-7-14-11(15)9-4-3-5-10(13)8-9/h3-5,8H,1-2,6-7H2,(H,14,15). The maximum Gasteiger partial charge on any atom is 0.251 e. The van der Waals surface area contributed by atoms with Crippen molar-refractivity contribution in [2.45, 2.75) is 12.8 Å². The Hall–Kier alpha value is -0.350. The van der Waals surface area contributed by atoms with Gasteiger partial charge in [0.25, 0.3) is 5.91 Å². The van der Waals surface area contributed by atoms with Gasteiger partial charge in [-0.1, -0.05) is 37.9 Å². The van der Waals surface area contributed by atoms with Crippen LogP contribution in [0.15, 0.2) is 28.7 Å². The number of benzene rings is 1. The van der Waals surface area contributed by atoms with Crippen molar-refractivity contribution in [2.75, 3.05) is 11.9 Å². The zero-order valence-corrected chi connectivity index (χ0v) is 11.5. The van der Waals surface area contributed by atoms with Gasteiger partial charge < -0.3 is 5.32 Å². The molecule has 0 unspecified atom stereocenters. The molecule has 2 nitrogen and oxygen atoms in total. The van der Waals surface area contributed by atoms with Crippen molar-refractivity contribution in [1.82, 2.24) is 5.32 Å². The van der Waals surface area contributed by atoms with E-state index in [0.29, 0.717) is 5.56 Å². The van der Waals surface area contributed by atoms with Crippen molar-refractivity contribution >= 4 is 37.8 Å². The maximum atomic E-state index is 11.6. The smallest absolute Gasteiger partial charge is 0.251 e. The third-order valence-corrected chi connectivity index (χ3v) is 2.99. The first-order valence-electron chi connectivity index (χ1n) is 4.84. The van der Waals surface area contributed by atoms with E-state index in [1.54, 1.807) is 0 Å². The zero-order chi connectivity index (χ0) is 11.1. The van der Waals surface area contributed by atoms with E-state index in [1.807, 2.05) is 24.3 Å². The van der Waals surface area contributed by atoms with E-state index in [-0.39, 0.29) is 5.91 Å². The second-order valence-electron chi connectivity index (χ2n) is 3.16. The number of hydrogen-bond donors (Lipinski definition) is 1. The summed E-state index contributed by atoms with van der Waals surface area (Å²) in [4.78, 5) is 11.6. The summed E-state index contributed by atoms with van der Waals surface area (Å²) in [6.45, 7) is 0.733. The number of carbonyl (C=O) groups is 1. The van der Waals surface area contributed by atoms with Crippen LogP contribution in [0.1, 0.15) is 23.2 Å². The van der Waals surface area contributed by atoms with Gasteiger partial charge >= 0.3 is 0 Å². The number of alkyl halides is 1. The quantitative estimate of drug-likeness (QED) is 0.649. The Morgan fingerprint density at radius 3 is 2.80 bits per heavy atom. The van der Waals surface area contributed by atoms with E-state index in [0.717, 1.165) is 29.2 Å². The zero-order valence-electron chi connectivity index (χ0n) is 8.30. The summed E-state index contributed by atoms with van der Waals surface area (Å²) in [6.07, 6.45) is 2.09. The van der Waals surface area contributed by atoms with Gasteiger partial charge in [-0.3, -0.25) is 4.79 Å². The molecule has 1 N–H and O–H groups in total. The molecule has 0 aliphatic rings. The molecule has 4 heteroatoms. The highest BCUT2D eigenvalue weighted by molar-refractivity contribution is 9.10. The summed E-state index contributed by atoms with van der Waals surface area (Å²) >= 11 is 6.69. The molecular formula is C11H13Br2NO. The first-order chi connectivity index (χ1) is 7.24. The molecule has 15 heavy (non-hydrogen) atoms. The Morgan fingerprint density at radius 1 is 1.33 bits per heavy atom. The average molecular weight is 335 g/mol. The minimum absolute atomic E-state index is 0.00845. The van der Waals surface area contributed by atoms with Crippen molar-refractivity contribution < 1.29 is 4.79 Å². The van der Waals surface area contributed by atoms with E-state index in [9.17, 15) is 4.79 Å². The largest absolute Gasteiger partial charge is 0.352 e. The molecule has 0 atom stereocenters. The van der Waals surface area contributed by atoms with Crippen LogP contribution < -0.4 is 5.32 Å². The normalized spacial score (nSPS) is 10.0. The Morgan fingerprint density at radius 2 is 2.13 bits per heavy atom. The summed E-state index contributed by atoms with van der Waals surface area (Å²) in [6, 6.07) is 7.39. The predicted molar refractivity (Wildman–Crippen MR) is 69.5 cm³/mol. The topological polar surface area (TPSA) is 29.1 Å². The van der Waals surface area contributed by atoms with Crippen LogP contribution in [-0.2, 0) is 0 Å². The van der Waals surface area contributed by atoms with Gasteiger partial charge in [0.15, 0.2) is 0 Å². The molecule has 0 spiro atoms. The molecule has 0 aromatic heterocycles. The molecule has 0 aliphatic heterocycles. The number of unbranched alkanes of at least 4 members (excludes halogenated alkanes) is 1. The van der Waals surface area contributed by atoms with Gasteiger partial charge in [-0.15, -0.1) is 0 Å². The fourth-order valence-electron chi connectivity index (χ4n) is 1.15. The van der Waals surface area contributed by atoms with Crippen LogP contribution in [0.5, 0.6) is 0 Å². The Balaban J connectivity index is 2.40. The minimum Gasteiger partial charge on any atom is -0.352 e. The van der Waals surface area contributed by atoms with E-state index in [1.165, 1.54) is 0 Å². The van der Waals surface area contributed by atoms with Crippen LogP contribution in [-0.4, -0.2) is 17.8 Å². The first kappa shape index (κ1) is 12.7. The molecule has 0 saturated carbocycles. The third kappa shape index (κ3) is 4.80. The summed E-state index contributed by atoms with van der Waals surface area (Å²) in [5, 5.41) is 3.87. The van der Waals surface area contributed by atoms with Gasteiger partial charge in [0, 0.05) is 21.9 Å². The van der Waals surface area contributed by atoms with Crippen LogP contribution in [0.3, 0.4) is 0 Å². The predicted octanol–water partition coefficient (Wildman–Crippen LogP) is 3.35. The second-order valence-corrected chi connectivity index (χ2v) is 4.87. The van der Waals surface area contributed by atoms with Gasteiger partial charge in [-0.2, -0.15) is 0 Å². The third-order valence-electron chi connectivity index (χ3n) is 1.93. The molecule has 1 aromatic carbocycles. The number of hydrogen-bond acceptors (Lipinski definition) is 1. The highest BCUT2D eigenvalue weighted by Gasteiger charge is 2.03. The number of carbonyl (C=O) groups excluding carboxylic acids is 1. The Kier molecular flexibility index (Phi) is 5.95. The lowest BCUT2D eigenvalue weighted by Crippen LogP contribution is -2.24. The lowest BCUT2D eigenvalue weighted by Gasteiger charge is -2.04. The summed E-state index contributed by atoms with van der Waals surface area (Å²) in [5.41, 5.74) is 0.697. The number of halogens is 2. The van der Waals surface area contributed by atoms with E-state index in [2.05, 4.69) is 37.2 Å². The summed E-state index contributed by atoms with van der Waals surface area (Å²) < 4.78 is 0.926. The molecule has 0 saturated heterocycles. The molecule has 82 valence electrons. The van der Waals surface area contributed by atoms with E-state index < -0.39 is 0 Å². The van der Waals surface area contributed by atoms with Crippen molar-refractivity contribution in [3.05, 3.63) is 34.3 Å². The highest BCUT2D eigenvalue weighted by atomic mass is 79.9. The van der Waals surface area contributed by atoms with Crippen molar-refractivity contribution in [3.8, 4) is 0 Å². The molecule has 0 heterocycles. The fraction of sp³-hybridized carbons (Fsp3) is 0.364. The molecule has 0 bridgehead atoms. The Bertz CT molecular complexity index is 328. The molecule has 0 fully saturated rings. The minimum atomic E-state index is -0.00845. The van der Waals surface area contributed by atoms with Gasteiger partial charge in [0.05, 0.1) is 0 Å². The monoisotopic (exact) mass is 333 g/mol. The van der Waals surface area contributed by atoms with Crippen LogP contribution >= 0.6 is 31.9 Å². The molecule has 0 aliphatic carbocycles. The van der Waals surface area contributed by atoms with Crippen molar-refractivity contribution in [1.29, 1.82) is 0 Å².